The van der Waals surface area contributed by atoms with Gasteiger partial charge in [-0.05, 0) is 43.2 Å². The molecule has 0 aliphatic carbocycles. The van der Waals surface area contributed by atoms with Gasteiger partial charge in [-0.15, -0.1) is 0 Å². The predicted molar refractivity (Wildman–Crippen MR) is 84.6 cm³/mol. The highest BCUT2D eigenvalue weighted by atomic mass is 32.2. The van der Waals surface area contributed by atoms with E-state index in [1.807, 2.05) is 19.2 Å². The molecule has 1 aromatic carbocycles. The zero-order valence-corrected chi connectivity index (χ0v) is 13.2. The van der Waals surface area contributed by atoms with E-state index in [9.17, 15) is 8.42 Å². The molecule has 0 fully saturated rings. The fourth-order valence-electron chi connectivity index (χ4n) is 2.22. The fraction of sp³-hybridized carbons (Fsp3) is 0.333. The SMILES string of the molecule is CCCn1cccc1CNc1cc(S(N)(=O)=O)ccc1C. The molecule has 21 heavy (non-hydrogen) atoms. The van der Waals surface area contributed by atoms with Gasteiger partial charge in [0.1, 0.15) is 0 Å². The molecule has 2 rings (SSSR count). The smallest absolute Gasteiger partial charge is 0.238 e. The molecular formula is C15H21N3O2S. The number of rotatable bonds is 6. The van der Waals surface area contributed by atoms with Crippen molar-refractivity contribution in [3.63, 3.8) is 0 Å². The van der Waals surface area contributed by atoms with Crippen molar-refractivity contribution >= 4 is 15.7 Å². The maximum absolute atomic E-state index is 11.4. The first-order valence-electron chi connectivity index (χ1n) is 6.93. The van der Waals surface area contributed by atoms with Gasteiger partial charge in [-0.3, -0.25) is 0 Å². The quantitative estimate of drug-likeness (QED) is 0.860. The summed E-state index contributed by atoms with van der Waals surface area (Å²) in [6, 6.07) is 8.93. The van der Waals surface area contributed by atoms with Crippen LogP contribution in [0.3, 0.4) is 0 Å². The minimum atomic E-state index is -3.68. The maximum atomic E-state index is 11.4. The first-order valence-corrected chi connectivity index (χ1v) is 8.48. The number of sulfonamides is 1. The van der Waals surface area contributed by atoms with Crippen LogP contribution in [0.25, 0.3) is 0 Å². The van der Waals surface area contributed by atoms with Crippen LogP contribution < -0.4 is 10.5 Å². The molecule has 0 aliphatic rings. The molecule has 0 amide bonds. The van der Waals surface area contributed by atoms with Crippen LogP contribution in [0.2, 0.25) is 0 Å². The molecule has 0 unspecified atom stereocenters. The Kier molecular flexibility index (Phi) is 4.69. The number of aromatic nitrogens is 1. The lowest BCUT2D eigenvalue weighted by Gasteiger charge is -2.13. The Hall–Kier alpha value is -1.79. The van der Waals surface area contributed by atoms with Crippen molar-refractivity contribution in [1.82, 2.24) is 4.57 Å². The molecule has 0 bridgehead atoms. The van der Waals surface area contributed by atoms with E-state index in [0.717, 1.165) is 29.9 Å². The summed E-state index contributed by atoms with van der Waals surface area (Å²) in [7, 11) is -3.68. The lowest BCUT2D eigenvalue weighted by molar-refractivity contribution is 0.598. The van der Waals surface area contributed by atoms with E-state index in [1.165, 1.54) is 6.07 Å². The number of benzene rings is 1. The Balaban J connectivity index is 2.18. The third kappa shape index (κ3) is 3.86. The number of aryl methyl sites for hydroxylation is 2. The lowest BCUT2D eigenvalue weighted by atomic mass is 10.2. The van der Waals surface area contributed by atoms with Gasteiger partial charge in [0, 0.05) is 24.1 Å². The monoisotopic (exact) mass is 307 g/mol. The van der Waals surface area contributed by atoms with Gasteiger partial charge < -0.3 is 9.88 Å². The number of hydrogen-bond donors (Lipinski definition) is 2. The summed E-state index contributed by atoms with van der Waals surface area (Å²) in [6.45, 7) is 5.68. The van der Waals surface area contributed by atoms with Crippen molar-refractivity contribution in [3.8, 4) is 0 Å². The molecule has 0 radical (unpaired) electrons. The van der Waals surface area contributed by atoms with E-state index in [4.69, 9.17) is 5.14 Å². The number of hydrogen-bond acceptors (Lipinski definition) is 3. The molecule has 114 valence electrons. The molecule has 2 aromatic rings. The Morgan fingerprint density at radius 2 is 2.05 bits per heavy atom. The van der Waals surface area contributed by atoms with E-state index in [1.54, 1.807) is 12.1 Å². The summed E-state index contributed by atoms with van der Waals surface area (Å²) in [6.07, 6.45) is 3.12. The van der Waals surface area contributed by atoms with Crippen molar-refractivity contribution in [2.24, 2.45) is 5.14 Å². The molecule has 0 spiro atoms. The van der Waals surface area contributed by atoms with Crippen LogP contribution in [0.1, 0.15) is 24.6 Å². The number of nitrogens with zero attached hydrogens (tertiary/aromatic N) is 1. The molecule has 0 atom stereocenters. The molecule has 1 aromatic heterocycles. The van der Waals surface area contributed by atoms with Crippen molar-refractivity contribution in [1.29, 1.82) is 0 Å². The Labute approximate surface area is 125 Å². The number of primary sulfonamides is 1. The molecule has 0 saturated carbocycles. The third-order valence-corrected chi connectivity index (χ3v) is 4.30. The van der Waals surface area contributed by atoms with Crippen molar-refractivity contribution in [2.45, 2.75) is 38.3 Å². The maximum Gasteiger partial charge on any atom is 0.238 e. The van der Waals surface area contributed by atoms with Gasteiger partial charge in [-0.1, -0.05) is 13.0 Å². The van der Waals surface area contributed by atoms with E-state index >= 15 is 0 Å². The fourth-order valence-corrected chi connectivity index (χ4v) is 2.76. The average molecular weight is 307 g/mol. The third-order valence-electron chi connectivity index (χ3n) is 3.39. The van der Waals surface area contributed by atoms with Gasteiger partial charge in [0.25, 0.3) is 0 Å². The molecule has 1 heterocycles. The second-order valence-corrected chi connectivity index (χ2v) is 6.63. The predicted octanol–water partition coefficient (Wildman–Crippen LogP) is 2.47. The summed E-state index contributed by atoms with van der Waals surface area (Å²) in [5.74, 6) is 0. The Bertz CT molecular complexity index is 720. The number of nitrogens with one attached hydrogen (secondary N) is 1. The Morgan fingerprint density at radius 3 is 2.71 bits per heavy atom. The van der Waals surface area contributed by atoms with Gasteiger partial charge in [0.15, 0.2) is 0 Å². The van der Waals surface area contributed by atoms with E-state index in [0.29, 0.717) is 6.54 Å². The van der Waals surface area contributed by atoms with Crippen LogP contribution in [0.15, 0.2) is 41.4 Å². The van der Waals surface area contributed by atoms with Crippen LogP contribution in [-0.4, -0.2) is 13.0 Å². The van der Waals surface area contributed by atoms with Gasteiger partial charge >= 0.3 is 0 Å². The number of anilines is 1. The molecular weight excluding hydrogens is 286 g/mol. The molecule has 6 heteroatoms. The van der Waals surface area contributed by atoms with Gasteiger partial charge in [0.05, 0.1) is 11.4 Å². The molecule has 5 nitrogen and oxygen atoms in total. The topological polar surface area (TPSA) is 77.1 Å². The minimum absolute atomic E-state index is 0.125. The number of nitrogens with two attached hydrogens (primary N) is 1. The molecule has 3 N–H and O–H groups in total. The normalized spacial score (nSPS) is 11.6. The zero-order chi connectivity index (χ0) is 15.5. The first-order chi connectivity index (χ1) is 9.91. The van der Waals surface area contributed by atoms with Crippen LogP contribution >= 0.6 is 0 Å². The van der Waals surface area contributed by atoms with Crippen molar-refractivity contribution in [3.05, 3.63) is 47.8 Å². The lowest BCUT2D eigenvalue weighted by Crippen LogP contribution is -2.13. The van der Waals surface area contributed by atoms with Gasteiger partial charge in [-0.2, -0.15) is 0 Å². The zero-order valence-electron chi connectivity index (χ0n) is 12.3. The van der Waals surface area contributed by atoms with Crippen LogP contribution in [0, 0.1) is 6.92 Å². The Morgan fingerprint density at radius 1 is 1.29 bits per heavy atom. The average Bonchev–Trinajstić information content (AvgIpc) is 2.84. The van der Waals surface area contributed by atoms with Crippen LogP contribution in [-0.2, 0) is 23.1 Å². The van der Waals surface area contributed by atoms with Gasteiger partial charge in [0.2, 0.25) is 10.0 Å². The molecule has 0 saturated heterocycles. The van der Waals surface area contributed by atoms with E-state index in [-0.39, 0.29) is 4.90 Å². The molecule has 0 aliphatic heterocycles. The van der Waals surface area contributed by atoms with Crippen LogP contribution in [0.5, 0.6) is 0 Å². The largest absolute Gasteiger partial charge is 0.379 e. The summed E-state index contributed by atoms with van der Waals surface area (Å²) in [5.41, 5.74) is 2.93. The standard InChI is InChI=1S/C15H21N3O2S/c1-3-8-18-9-4-5-13(18)11-17-15-10-14(21(16,19)20)7-6-12(15)2/h4-7,9-10,17H,3,8,11H2,1-2H3,(H2,16,19,20). The van der Waals surface area contributed by atoms with Gasteiger partial charge in [-0.25, -0.2) is 13.6 Å². The van der Waals surface area contributed by atoms with E-state index in [2.05, 4.69) is 22.9 Å². The summed E-state index contributed by atoms with van der Waals surface area (Å²) in [4.78, 5) is 0.125. The van der Waals surface area contributed by atoms with Crippen LogP contribution in [0.4, 0.5) is 5.69 Å². The summed E-state index contributed by atoms with van der Waals surface area (Å²) < 4.78 is 25.0. The second kappa shape index (κ2) is 6.32. The second-order valence-electron chi connectivity index (χ2n) is 5.07. The minimum Gasteiger partial charge on any atom is -0.379 e. The summed E-state index contributed by atoms with van der Waals surface area (Å²) >= 11 is 0. The highest BCUT2D eigenvalue weighted by Gasteiger charge is 2.10. The summed E-state index contributed by atoms with van der Waals surface area (Å²) in [5, 5.41) is 8.46. The van der Waals surface area contributed by atoms with Crippen molar-refractivity contribution < 1.29 is 8.42 Å². The highest BCUT2D eigenvalue weighted by Crippen LogP contribution is 2.20. The van der Waals surface area contributed by atoms with Crippen molar-refractivity contribution in [2.75, 3.05) is 5.32 Å². The van der Waals surface area contributed by atoms with E-state index < -0.39 is 10.0 Å². The first kappa shape index (κ1) is 15.6. The highest BCUT2D eigenvalue weighted by molar-refractivity contribution is 7.89.